The van der Waals surface area contributed by atoms with Crippen LogP contribution in [-0.4, -0.2) is 29.2 Å². The molecule has 1 fully saturated rings. The average Bonchev–Trinajstić information content (AvgIpc) is 3.04. The number of aromatic nitrogens is 1. The van der Waals surface area contributed by atoms with Gasteiger partial charge in [0.1, 0.15) is 0 Å². The van der Waals surface area contributed by atoms with E-state index in [4.69, 9.17) is 4.74 Å². The van der Waals surface area contributed by atoms with Crippen molar-refractivity contribution in [3.63, 3.8) is 0 Å². The molecule has 1 saturated heterocycles. The third-order valence-electron chi connectivity index (χ3n) is 3.09. The lowest BCUT2D eigenvalue weighted by Gasteiger charge is -2.08. The van der Waals surface area contributed by atoms with E-state index in [9.17, 15) is 10.1 Å². The van der Waals surface area contributed by atoms with Crippen LogP contribution in [0.1, 0.15) is 12.8 Å². The minimum atomic E-state index is -0.390. The second-order valence-electron chi connectivity index (χ2n) is 4.44. The van der Waals surface area contributed by atoms with Crippen LogP contribution in [0, 0.1) is 10.1 Å². The summed E-state index contributed by atoms with van der Waals surface area (Å²) in [4.78, 5) is 14.7. The summed E-state index contributed by atoms with van der Waals surface area (Å²) in [5, 5.41) is 14.7. The molecule has 1 aliphatic heterocycles. The van der Waals surface area contributed by atoms with Crippen LogP contribution in [-0.2, 0) is 4.74 Å². The first-order valence-corrected chi connectivity index (χ1v) is 6.94. The van der Waals surface area contributed by atoms with Gasteiger partial charge < -0.3 is 10.1 Å². The second-order valence-corrected chi connectivity index (χ2v) is 5.47. The van der Waals surface area contributed by atoms with Crippen LogP contribution in [0.4, 0.5) is 10.8 Å². The van der Waals surface area contributed by atoms with Crippen molar-refractivity contribution in [3.05, 3.63) is 28.3 Å². The number of hydrogen-bond donors (Lipinski definition) is 1. The number of anilines is 1. The van der Waals surface area contributed by atoms with Crippen LogP contribution >= 0.6 is 11.3 Å². The number of fused-ring (bicyclic) bond motifs is 1. The molecule has 2 aromatic rings. The highest BCUT2D eigenvalue weighted by Gasteiger charge is 2.16. The molecule has 0 saturated carbocycles. The summed E-state index contributed by atoms with van der Waals surface area (Å²) in [6.07, 6.45) is 2.43. The molecule has 1 aromatic carbocycles. The Kier molecular flexibility index (Phi) is 3.31. The summed E-state index contributed by atoms with van der Waals surface area (Å²) >= 11 is 1.43. The molecule has 2 heterocycles. The fraction of sp³-hybridized carbons (Fsp3) is 0.417. The van der Waals surface area contributed by atoms with Crippen molar-refractivity contribution in [2.45, 2.75) is 18.9 Å². The van der Waals surface area contributed by atoms with Crippen LogP contribution in [0.3, 0.4) is 0 Å². The summed E-state index contributed by atoms with van der Waals surface area (Å²) in [6.45, 7) is 1.57. The normalized spacial score (nSPS) is 18.8. The van der Waals surface area contributed by atoms with Gasteiger partial charge in [-0.3, -0.25) is 10.1 Å². The molecule has 0 unspecified atom stereocenters. The van der Waals surface area contributed by atoms with E-state index in [-0.39, 0.29) is 11.8 Å². The Morgan fingerprint density at radius 2 is 2.47 bits per heavy atom. The van der Waals surface area contributed by atoms with Crippen molar-refractivity contribution in [2.75, 3.05) is 18.5 Å². The molecule has 0 aliphatic carbocycles. The van der Waals surface area contributed by atoms with Crippen molar-refractivity contribution in [1.82, 2.24) is 4.98 Å². The molecule has 19 heavy (non-hydrogen) atoms. The van der Waals surface area contributed by atoms with Crippen LogP contribution in [0.5, 0.6) is 0 Å². The molecular formula is C12H13N3O3S. The fourth-order valence-electron chi connectivity index (χ4n) is 2.11. The zero-order valence-corrected chi connectivity index (χ0v) is 11.0. The first-order chi connectivity index (χ1) is 9.22. The van der Waals surface area contributed by atoms with Gasteiger partial charge in [0.15, 0.2) is 5.13 Å². The molecule has 0 amide bonds. The monoisotopic (exact) mass is 279 g/mol. The summed E-state index contributed by atoms with van der Waals surface area (Å²) < 4.78 is 6.35. The van der Waals surface area contributed by atoms with Gasteiger partial charge in [0.05, 0.1) is 21.2 Å². The number of nitro benzene ring substituents is 1. The molecule has 1 aliphatic rings. The molecule has 1 aromatic heterocycles. The van der Waals surface area contributed by atoms with Gasteiger partial charge in [0, 0.05) is 25.3 Å². The highest BCUT2D eigenvalue weighted by Crippen LogP contribution is 2.29. The molecule has 3 rings (SSSR count). The highest BCUT2D eigenvalue weighted by atomic mass is 32.1. The van der Waals surface area contributed by atoms with Gasteiger partial charge in [-0.05, 0) is 18.9 Å². The standard InChI is InChI=1S/C12H13N3O3S/c16-15(17)8-3-4-10-11(6-8)19-12(14-10)13-7-9-2-1-5-18-9/h3-4,6,9H,1-2,5,7H2,(H,13,14)/t9-/m0/s1. The van der Waals surface area contributed by atoms with Crippen LogP contribution in [0.2, 0.25) is 0 Å². The number of nitrogens with zero attached hydrogens (tertiary/aromatic N) is 2. The minimum absolute atomic E-state index is 0.0989. The SMILES string of the molecule is O=[N+]([O-])c1ccc2nc(NC[C@@H]3CCCO3)sc2c1. The summed E-state index contributed by atoms with van der Waals surface area (Å²) in [6, 6.07) is 4.72. The predicted molar refractivity (Wildman–Crippen MR) is 73.7 cm³/mol. The maximum Gasteiger partial charge on any atom is 0.270 e. The Morgan fingerprint density at radius 1 is 1.58 bits per heavy atom. The van der Waals surface area contributed by atoms with Crippen molar-refractivity contribution in [1.29, 1.82) is 0 Å². The third-order valence-corrected chi connectivity index (χ3v) is 4.06. The molecule has 0 bridgehead atoms. The Morgan fingerprint density at radius 3 is 3.21 bits per heavy atom. The summed E-state index contributed by atoms with van der Waals surface area (Å²) in [5.74, 6) is 0. The van der Waals surface area contributed by atoms with E-state index >= 15 is 0 Å². The van der Waals surface area contributed by atoms with Crippen LogP contribution in [0.25, 0.3) is 10.2 Å². The van der Waals surface area contributed by atoms with Crippen molar-refractivity contribution >= 4 is 32.4 Å². The first-order valence-electron chi connectivity index (χ1n) is 6.13. The Bertz CT molecular complexity index is 607. The van der Waals surface area contributed by atoms with Crippen LogP contribution < -0.4 is 5.32 Å². The summed E-state index contributed by atoms with van der Waals surface area (Å²) in [5.41, 5.74) is 0.882. The highest BCUT2D eigenvalue weighted by molar-refractivity contribution is 7.22. The first kappa shape index (κ1) is 12.3. The quantitative estimate of drug-likeness (QED) is 0.687. The van der Waals surface area contributed by atoms with Crippen molar-refractivity contribution < 1.29 is 9.66 Å². The number of ether oxygens (including phenoxy) is 1. The zero-order valence-electron chi connectivity index (χ0n) is 10.2. The van der Waals surface area contributed by atoms with E-state index in [1.54, 1.807) is 12.1 Å². The number of nitrogens with one attached hydrogen (secondary N) is 1. The van der Waals surface area contributed by atoms with E-state index in [1.807, 2.05) is 0 Å². The molecule has 1 atom stereocenters. The van der Waals surface area contributed by atoms with E-state index < -0.39 is 4.92 Å². The van der Waals surface area contributed by atoms with Crippen molar-refractivity contribution in [3.8, 4) is 0 Å². The van der Waals surface area contributed by atoms with E-state index in [1.165, 1.54) is 17.4 Å². The fourth-order valence-corrected chi connectivity index (χ4v) is 3.01. The van der Waals surface area contributed by atoms with Gasteiger partial charge in [0.2, 0.25) is 0 Å². The molecule has 7 heteroatoms. The largest absolute Gasteiger partial charge is 0.376 e. The number of rotatable bonds is 4. The lowest BCUT2D eigenvalue weighted by Crippen LogP contribution is -2.18. The van der Waals surface area contributed by atoms with Gasteiger partial charge >= 0.3 is 0 Å². The van der Waals surface area contributed by atoms with Gasteiger partial charge in [-0.15, -0.1) is 0 Å². The molecule has 100 valence electrons. The predicted octanol–water partition coefficient (Wildman–Crippen LogP) is 2.80. The van der Waals surface area contributed by atoms with E-state index in [0.717, 1.165) is 41.3 Å². The molecule has 0 spiro atoms. The molecular weight excluding hydrogens is 266 g/mol. The number of benzene rings is 1. The maximum absolute atomic E-state index is 10.7. The number of non-ortho nitro benzene ring substituents is 1. The number of hydrogen-bond acceptors (Lipinski definition) is 6. The summed E-state index contributed by atoms with van der Waals surface area (Å²) in [7, 11) is 0. The second kappa shape index (κ2) is 5.10. The Balaban J connectivity index is 1.75. The smallest absolute Gasteiger partial charge is 0.270 e. The lowest BCUT2D eigenvalue weighted by molar-refractivity contribution is -0.384. The maximum atomic E-state index is 10.7. The number of thiazole rings is 1. The average molecular weight is 279 g/mol. The third kappa shape index (κ3) is 2.66. The van der Waals surface area contributed by atoms with Gasteiger partial charge in [-0.2, -0.15) is 0 Å². The zero-order chi connectivity index (χ0) is 13.2. The minimum Gasteiger partial charge on any atom is -0.376 e. The van der Waals surface area contributed by atoms with Gasteiger partial charge in [-0.25, -0.2) is 4.98 Å². The lowest BCUT2D eigenvalue weighted by atomic mass is 10.2. The Labute approximate surface area is 113 Å². The molecule has 1 N–H and O–H groups in total. The van der Waals surface area contributed by atoms with E-state index in [2.05, 4.69) is 10.3 Å². The van der Waals surface area contributed by atoms with E-state index in [0.29, 0.717) is 0 Å². The Hall–Kier alpha value is -1.73. The molecule has 0 radical (unpaired) electrons. The van der Waals surface area contributed by atoms with Gasteiger partial charge in [-0.1, -0.05) is 11.3 Å². The molecule has 6 nitrogen and oxygen atoms in total. The number of nitro groups is 1. The van der Waals surface area contributed by atoms with Crippen molar-refractivity contribution in [2.24, 2.45) is 0 Å². The topological polar surface area (TPSA) is 77.3 Å². The van der Waals surface area contributed by atoms with Crippen LogP contribution in [0.15, 0.2) is 18.2 Å². The van der Waals surface area contributed by atoms with Gasteiger partial charge in [0.25, 0.3) is 5.69 Å².